The van der Waals surface area contributed by atoms with Crippen LogP contribution in [-0.2, 0) is 42.9 Å². The number of ketones is 2. The summed E-state index contributed by atoms with van der Waals surface area (Å²) in [5.74, 6) is -6.46. The van der Waals surface area contributed by atoms with Crippen LogP contribution in [0.4, 0.5) is 0 Å². The van der Waals surface area contributed by atoms with Gasteiger partial charge in [-0.25, -0.2) is 4.79 Å². The first-order valence-electron chi connectivity index (χ1n) is 24.4. The van der Waals surface area contributed by atoms with Crippen molar-refractivity contribution >= 4 is 23.4 Å². The van der Waals surface area contributed by atoms with Gasteiger partial charge >= 0.3 is 5.97 Å². The van der Waals surface area contributed by atoms with E-state index >= 15 is 0 Å². The lowest BCUT2D eigenvalue weighted by Crippen LogP contribution is -2.61. The number of hydrogen-bond donors (Lipinski definition) is 3. The second kappa shape index (κ2) is 25.4. The molecule has 3 N–H and O–H groups in total. The highest BCUT2D eigenvalue weighted by Gasteiger charge is 2.53. The number of ether oxygens (including phenoxy) is 5. The molecule has 3 heterocycles. The number of rotatable bonds is 6. The molecule has 65 heavy (non-hydrogen) atoms. The minimum absolute atomic E-state index is 0.0134. The highest BCUT2D eigenvalue weighted by Crippen LogP contribution is 2.38. The van der Waals surface area contributed by atoms with Gasteiger partial charge in [0.15, 0.2) is 0 Å². The summed E-state index contributed by atoms with van der Waals surface area (Å²) in [7, 11) is 4.79. The van der Waals surface area contributed by atoms with E-state index in [4.69, 9.17) is 23.7 Å². The molecule has 3 fully saturated rings. The van der Waals surface area contributed by atoms with E-state index < -0.39 is 71.8 Å². The van der Waals surface area contributed by atoms with Crippen molar-refractivity contribution < 1.29 is 58.2 Å². The molecule has 1 saturated carbocycles. The van der Waals surface area contributed by atoms with Gasteiger partial charge in [-0.3, -0.25) is 14.4 Å². The first-order chi connectivity index (χ1) is 30.7. The zero-order chi connectivity index (χ0) is 48.2. The minimum Gasteiger partial charge on any atom is -0.460 e. The smallest absolute Gasteiger partial charge is 0.329 e. The summed E-state index contributed by atoms with van der Waals surface area (Å²) in [6.07, 6.45) is 13.6. The number of esters is 1. The standard InChI is InChI=1S/C52H83NO12/c1-31-17-13-12-14-18-32(2)44(61-9)29-40-22-20-37(7)52(60,65-40)49(57)50(58)53-24-16-15-19-41(53)51(59)64-45(35(5)27-39-21-23-42(54)46(28-39)62-10)30-43(55)34(4)26-36(6)47(56)48(63-11)38(8)33(3)25-31/h12-14,17-18,26,31,33-35,37-42,44-48,54,56,60H,15-16,19-25,27-30H2,1-11H3/t31-,33-,34-,35-,37-,38+,39+,40+,41+,42-,44+,45+,46-,47-,48+,52-/m1/s1. The number of aliphatic hydroxyl groups is 3. The summed E-state index contributed by atoms with van der Waals surface area (Å²) in [5, 5.41) is 34.1. The first-order valence-corrected chi connectivity index (χ1v) is 24.4. The van der Waals surface area contributed by atoms with E-state index in [9.17, 15) is 34.5 Å². The number of piperidine rings is 1. The Hall–Kier alpha value is -3.04. The highest BCUT2D eigenvalue weighted by molar-refractivity contribution is 6.39. The van der Waals surface area contributed by atoms with Gasteiger partial charge in [-0.05, 0) is 119 Å². The third-order valence-corrected chi connectivity index (χ3v) is 15.2. The summed E-state index contributed by atoms with van der Waals surface area (Å²) in [5.41, 5.74) is 1.53. The topological polar surface area (TPSA) is 178 Å². The van der Waals surface area contributed by atoms with E-state index in [1.54, 1.807) is 48.2 Å². The second-order valence-corrected chi connectivity index (χ2v) is 20.2. The van der Waals surface area contributed by atoms with Gasteiger partial charge in [-0.1, -0.05) is 78.0 Å². The second-order valence-electron chi connectivity index (χ2n) is 20.2. The number of nitrogens with zero attached hydrogens (tertiary/aromatic N) is 1. The quantitative estimate of drug-likeness (QED) is 0.138. The minimum atomic E-state index is -2.41. The molecule has 4 aliphatic rings. The van der Waals surface area contributed by atoms with Crippen molar-refractivity contribution in [3.63, 3.8) is 0 Å². The third kappa shape index (κ3) is 14.5. The van der Waals surface area contributed by atoms with Crippen molar-refractivity contribution in [2.24, 2.45) is 41.4 Å². The Morgan fingerprint density at radius 2 is 1.57 bits per heavy atom. The maximum atomic E-state index is 14.4. The van der Waals surface area contributed by atoms with Gasteiger partial charge in [0, 0.05) is 52.6 Å². The monoisotopic (exact) mass is 914 g/mol. The molecule has 16 atom stereocenters. The van der Waals surface area contributed by atoms with Crippen LogP contribution in [0.2, 0.25) is 0 Å². The first kappa shape index (κ1) is 54.6. The fourth-order valence-electron chi connectivity index (χ4n) is 10.5. The van der Waals surface area contributed by atoms with Crippen molar-refractivity contribution in [1.82, 2.24) is 4.90 Å². The van der Waals surface area contributed by atoms with E-state index in [1.165, 1.54) is 4.90 Å². The van der Waals surface area contributed by atoms with E-state index in [-0.39, 0.29) is 67.0 Å². The summed E-state index contributed by atoms with van der Waals surface area (Å²) in [4.78, 5) is 58.3. The molecule has 1 aliphatic carbocycles. The molecule has 13 nitrogen and oxygen atoms in total. The number of cyclic esters (lactones) is 1. The van der Waals surface area contributed by atoms with Gasteiger partial charge in [0.25, 0.3) is 11.7 Å². The van der Waals surface area contributed by atoms with Crippen LogP contribution in [-0.4, -0.2) is 126 Å². The van der Waals surface area contributed by atoms with Crippen LogP contribution in [0, 0.1) is 41.4 Å². The third-order valence-electron chi connectivity index (χ3n) is 15.2. The Kier molecular flexibility index (Phi) is 21.3. The Morgan fingerprint density at radius 1 is 0.846 bits per heavy atom. The summed E-state index contributed by atoms with van der Waals surface area (Å²) >= 11 is 0. The normalized spacial score (nSPS) is 39.0. The molecule has 2 bridgehead atoms. The van der Waals surface area contributed by atoms with Gasteiger partial charge in [0.05, 0.1) is 30.5 Å². The molecule has 368 valence electrons. The number of fused-ring (bicyclic) bond motifs is 3. The number of aliphatic hydroxyl groups excluding tert-OH is 2. The van der Waals surface area contributed by atoms with Crippen LogP contribution in [0.1, 0.15) is 132 Å². The number of Topliss-reactive ketones (excluding diaryl/α,β-unsaturated/α-hetero) is 2. The molecule has 0 aromatic carbocycles. The highest BCUT2D eigenvalue weighted by atomic mass is 16.6. The molecule has 0 aromatic rings. The predicted octanol–water partition coefficient (Wildman–Crippen LogP) is 7.25. The molecule has 2 saturated heterocycles. The average Bonchev–Trinajstić information content (AvgIpc) is 3.28. The largest absolute Gasteiger partial charge is 0.460 e. The van der Waals surface area contributed by atoms with Crippen LogP contribution in [0.5, 0.6) is 0 Å². The van der Waals surface area contributed by atoms with Crippen molar-refractivity contribution in [1.29, 1.82) is 0 Å². The fraction of sp³-hybridized carbons (Fsp3) is 0.769. The van der Waals surface area contributed by atoms with E-state index in [0.717, 1.165) is 18.4 Å². The van der Waals surface area contributed by atoms with E-state index in [2.05, 4.69) is 26.8 Å². The van der Waals surface area contributed by atoms with Gasteiger partial charge in [-0.2, -0.15) is 0 Å². The number of methoxy groups -OCH3 is 3. The Balaban J connectivity index is 1.70. The lowest BCUT2D eigenvalue weighted by atomic mass is 9.78. The lowest BCUT2D eigenvalue weighted by molar-refractivity contribution is -0.265. The lowest BCUT2D eigenvalue weighted by Gasteiger charge is -2.42. The van der Waals surface area contributed by atoms with Crippen LogP contribution < -0.4 is 0 Å². The number of hydrogen-bond acceptors (Lipinski definition) is 12. The van der Waals surface area contributed by atoms with Crippen LogP contribution >= 0.6 is 0 Å². The van der Waals surface area contributed by atoms with Crippen molar-refractivity contribution in [2.75, 3.05) is 27.9 Å². The Bertz CT molecular complexity index is 1710. The fourth-order valence-corrected chi connectivity index (χ4v) is 10.5. The summed E-state index contributed by atoms with van der Waals surface area (Å²) < 4.78 is 29.8. The Morgan fingerprint density at radius 3 is 2.25 bits per heavy atom. The predicted molar refractivity (Wildman–Crippen MR) is 249 cm³/mol. The van der Waals surface area contributed by atoms with Gasteiger partial charge < -0.3 is 43.9 Å². The van der Waals surface area contributed by atoms with Gasteiger partial charge in [-0.15, -0.1) is 0 Å². The molecule has 13 heteroatoms. The maximum absolute atomic E-state index is 14.4. The number of carbonyl (C=O) groups is 4. The van der Waals surface area contributed by atoms with Crippen LogP contribution in [0.15, 0.2) is 47.6 Å². The van der Waals surface area contributed by atoms with Gasteiger partial charge in [0.2, 0.25) is 5.79 Å². The molecule has 4 rings (SSSR count). The zero-order valence-electron chi connectivity index (χ0n) is 41.3. The molecule has 0 spiro atoms. The molecular formula is C52H83NO12. The summed E-state index contributed by atoms with van der Waals surface area (Å²) in [6.45, 7) is 15.7. The van der Waals surface area contributed by atoms with Crippen LogP contribution in [0.3, 0.4) is 0 Å². The van der Waals surface area contributed by atoms with Crippen molar-refractivity contribution in [3.05, 3.63) is 47.6 Å². The molecular weight excluding hydrogens is 831 g/mol. The van der Waals surface area contributed by atoms with Gasteiger partial charge in [0.1, 0.15) is 24.0 Å². The molecule has 0 aromatic heterocycles. The molecule has 0 radical (unpaired) electrons. The number of amides is 1. The van der Waals surface area contributed by atoms with Crippen LogP contribution in [0.25, 0.3) is 0 Å². The molecule has 1 amide bonds. The average molecular weight is 914 g/mol. The van der Waals surface area contributed by atoms with Crippen molar-refractivity contribution in [2.45, 2.75) is 187 Å². The van der Waals surface area contributed by atoms with E-state index in [0.29, 0.717) is 56.9 Å². The van der Waals surface area contributed by atoms with E-state index in [1.807, 2.05) is 38.2 Å². The Labute approximate surface area is 389 Å². The SMILES string of the molecule is CO[C@H]1[C@@H](C)[C@H](C)C[C@H](C)C=CC=CC=C(C)[C@@H](OC)C[C@@H]2CC[C@@H](C)[C@@](O)(O2)C(=O)C(=O)N2CCCC[C@H]2C(=O)O[C@H]([C@H](C)C[C@@H]2CC[C@@H](O)[C@H](OC)C2)CC(=O)[C@H](C)C=C(C)[C@H]1O. The van der Waals surface area contributed by atoms with Crippen molar-refractivity contribution in [3.8, 4) is 0 Å². The number of carbonyl (C=O) groups excluding carboxylic acids is 4. The molecule has 0 unspecified atom stereocenters. The summed E-state index contributed by atoms with van der Waals surface area (Å²) in [6, 6.07) is -1.11. The number of allylic oxidation sites excluding steroid dienone is 6. The zero-order valence-corrected chi connectivity index (χ0v) is 41.3. The molecule has 3 aliphatic heterocycles. The maximum Gasteiger partial charge on any atom is 0.329 e.